The molecule has 0 aliphatic rings. The third-order valence-corrected chi connectivity index (χ3v) is 2.54. The van der Waals surface area contributed by atoms with Gasteiger partial charge in [-0.05, 0) is 36.8 Å². The zero-order valence-electron chi connectivity index (χ0n) is 8.79. The van der Waals surface area contributed by atoms with Crippen molar-refractivity contribution in [2.45, 2.75) is 13.1 Å². The van der Waals surface area contributed by atoms with Gasteiger partial charge in [0, 0.05) is 5.02 Å². The number of nitrogens with zero attached hydrogens (tertiary/aromatic N) is 2. The van der Waals surface area contributed by atoms with E-state index in [1.54, 1.807) is 0 Å². The van der Waals surface area contributed by atoms with Gasteiger partial charge >= 0.3 is 6.18 Å². The average molecular weight is 261 g/mol. The summed E-state index contributed by atoms with van der Waals surface area (Å²) in [5.74, 6) is 0. The van der Waals surface area contributed by atoms with Crippen LogP contribution in [0.5, 0.6) is 0 Å². The third-order valence-electron chi connectivity index (χ3n) is 2.29. The van der Waals surface area contributed by atoms with Gasteiger partial charge < -0.3 is 0 Å². The van der Waals surface area contributed by atoms with Crippen LogP contribution in [-0.2, 0) is 6.18 Å². The summed E-state index contributed by atoms with van der Waals surface area (Å²) >= 11 is 5.68. The highest BCUT2D eigenvalue weighted by Gasteiger charge is 2.37. The number of halogens is 4. The number of rotatable bonds is 1. The topological polar surface area (TPSA) is 17.8 Å². The van der Waals surface area contributed by atoms with E-state index in [2.05, 4.69) is 5.10 Å². The molecule has 0 fully saturated rings. The van der Waals surface area contributed by atoms with Crippen molar-refractivity contribution in [3.8, 4) is 5.69 Å². The van der Waals surface area contributed by atoms with Crippen molar-refractivity contribution in [1.82, 2.24) is 9.78 Å². The second-order valence-corrected chi connectivity index (χ2v) is 4.00. The molecule has 0 aliphatic heterocycles. The Morgan fingerprint density at radius 2 is 1.76 bits per heavy atom. The van der Waals surface area contributed by atoms with Gasteiger partial charge in [-0.15, -0.1) is 0 Å². The van der Waals surface area contributed by atoms with Crippen LogP contribution >= 0.6 is 11.6 Å². The highest BCUT2D eigenvalue weighted by Crippen LogP contribution is 2.33. The molecule has 1 aromatic carbocycles. The molecule has 0 aliphatic carbocycles. The Labute approximate surface area is 101 Å². The maximum Gasteiger partial charge on any atom is 0.433 e. The van der Waals surface area contributed by atoms with E-state index in [-0.39, 0.29) is 5.56 Å². The number of hydrogen-bond donors (Lipinski definition) is 0. The van der Waals surface area contributed by atoms with Gasteiger partial charge in [0.05, 0.1) is 11.9 Å². The lowest BCUT2D eigenvalue weighted by atomic mass is 10.2. The lowest BCUT2D eigenvalue weighted by Gasteiger charge is -2.11. The van der Waals surface area contributed by atoms with Crippen molar-refractivity contribution in [1.29, 1.82) is 0 Å². The largest absolute Gasteiger partial charge is 0.433 e. The number of hydrogen-bond acceptors (Lipinski definition) is 1. The molecule has 0 saturated carbocycles. The van der Waals surface area contributed by atoms with Gasteiger partial charge in [0.1, 0.15) is 0 Å². The van der Waals surface area contributed by atoms with Gasteiger partial charge in [0.15, 0.2) is 5.69 Å². The van der Waals surface area contributed by atoms with E-state index in [0.29, 0.717) is 10.7 Å². The summed E-state index contributed by atoms with van der Waals surface area (Å²) in [5, 5.41) is 4.20. The van der Waals surface area contributed by atoms with Crippen molar-refractivity contribution in [3.63, 3.8) is 0 Å². The molecule has 0 atom stereocenters. The van der Waals surface area contributed by atoms with E-state index in [1.165, 1.54) is 37.4 Å². The molecule has 0 radical (unpaired) electrons. The Hall–Kier alpha value is -1.49. The van der Waals surface area contributed by atoms with Gasteiger partial charge in [-0.25, -0.2) is 4.68 Å². The first-order valence-electron chi connectivity index (χ1n) is 4.77. The van der Waals surface area contributed by atoms with Crippen LogP contribution in [-0.4, -0.2) is 9.78 Å². The quantitative estimate of drug-likeness (QED) is 0.761. The maximum atomic E-state index is 12.8. The fourth-order valence-corrected chi connectivity index (χ4v) is 1.68. The van der Waals surface area contributed by atoms with Gasteiger partial charge in [0.2, 0.25) is 0 Å². The van der Waals surface area contributed by atoms with E-state index in [4.69, 9.17) is 11.6 Å². The minimum atomic E-state index is -4.43. The highest BCUT2D eigenvalue weighted by molar-refractivity contribution is 6.30. The molecular formula is C11H8ClF3N2. The Bertz CT molecular complexity index is 529. The first kappa shape index (κ1) is 12.0. The Balaban J connectivity index is 2.57. The zero-order valence-corrected chi connectivity index (χ0v) is 9.55. The van der Waals surface area contributed by atoms with Crippen LogP contribution in [0.25, 0.3) is 5.69 Å². The highest BCUT2D eigenvalue weighted by atomic mass is 35.5. The molecule has 90 valence electrons. The number of benzene rings is 1. The lowest BCUT2D eigenvalue weighted by Crippen LogP contribution is -2.14. The number of aromatic nitrogens is 2. The van der Waals surface area contributed by atoms with E-state index in [0.717, 1.165) is 4.68 Å². The summed E-state index contributed by atoms with van der Waals surface area (Å²) in [6, 6.07) is 6.02. The maximum absolute atomic E-state index is 12.8. The van der Waals surface area contributed by atoms with Gasteiger partial charge in [-0.3, -0.25) is 0 Å². The van der Waals surface area contributed by atoms with Crippen LogP contribution in [0.15, 0.2) is 30.5 Å². The van der Waals surface area contributed by atoms with Crippen LogP contribution in [0, 0.1) is 6.92 Å². The molecule has 0 bridgehead atoms. The standard InChI is InChI=1S/C11H8ClF3N2/c1-7-6-16-17(10(7)11(13,14)15)9-4-2-8(12)3-5-9/h2-6H,1H3. The van der Waals surface area contributed by atoms with Crippen LogP contribution in [0.3, 0.4) is 0 Å². The summed E-state index contributed by atoms with van der Waals surface area (Å²) in [5.41, 5.74) is -0.345. The van der Waals surface area contributed by atoms with Crippen LogP contribution in [0.2, 0.25) is 5.02 Å². The SMILES string of the molecule is Cc1cnn(-c2ccc(Cl)cc2)c1C(F)(F)F. The molecule has 1 heterocycles. The molecule has 2 rings (SSSR count). The van der Waals surface area contributed by atoms with Crippen LogP contribution in [0.1, 0.15) is 11.3 Å². The monoisotopic (exact) mass is 260 g/mol. The zero-order chi connectivity index (χ0) is 12.6. The molecule has 6 heteroatoms. The second kappa shape index (κ2) is 4.07. The lowest BCUT2D eigenvalue weighted by molar-refractivity contribution is -0.143. The number of aryl methyl sites for hydroxylation is 1. The molecule has 2 aromatic rings. The average Bonchev–Trinajstić information content (AvgIpc) is 2.61. The van der Waals surface area contributed by atoms with E-state index >= 15 is 0 Å². The third kappa shape index (κ3) is 2.29. The van der Waals surface area contributed by atoms with Crippen molar-refractivity contribution in [2.75, 3.05) is 0 Å². The molecule has 0 amide bonds. The van der Waals surface area contributed by atoms with Gasteiger partial charge in [-0.2, -0.15) is 18.3 Å². The van der Waals surface area contributed by atoms with Crippen molar-refractivity contribution in [3.05, 3.63) is 46.7 Å². The fraction of sp³-hybridized carbons (Fsp3) is 0.182. The van der Waals surface area contributed by atoms with Crippen molar-refractivity contribution in [2.24, 2.45) is 0 Å². The molecular weight excluding hydrogens is 253 g/mol. The minimum Gasteiger partial charge on any atom is -0.228 e. The van der Waals surface area contributed by atoms with Crippen LogP contribution < -0.4 is 0 Å². The van der Waals surface area contributed by atoms with Crippen LogP contribution in [0.4, 0.5) is 13.2 Å². The fourth-order valence-electron chi connectivity index (χ4n) is 1.55. The summed E-state index contributed by atoms with van der Waals surface area (Å²) in [6.45, 7) is 1.38. The Morgan fingerprint density at radius 1 is 1.18 bits per heavy atom. The Morgan fingerprint density at radius 3 is 2.29 bits per heavy atom. The predicted octanol–water partition coefficient (Wildman–Crippen LogP) is 3.85. The summed E-state index contributed by atoms with van der Waals surface area (Å²) in [4.78, 5) is 0. The smallest absolute Gasteiger partial charge is 0.228 e. The van der Waals surface area contributed by atoms with Gasteiger partial charge in [-0.1, -0.05) is 11.6 Å². The summed E-state index contributed by atoms with van der Waals surface area (Å²) in [7, 11) is 0. The summed E-state index contributed by atoms with van der Waals surface area (Å²) in [6.07, 6.45) is -3.24. The summed E-state index contributed by atoms with van der Waals surface area (Å²) < 4.78 is 39.3. The molecule has 0 N–H and O–H groups in total. The van der Waals surface area contributed by atoms with Crippen molar-refractivity contribution < 1.29 is 13.2 Å². The van der Waals surface area contributed by atoms with E-state index in [1.807, 2.05) is 0 Å². The molecule has 1 aromatic heterocycles. The van der Waals surface area contributed by atoms with Crippen molar-refractivity contribution >= 4 is 11.6 Å². The van der Waals surface area contributed by atoms with E-state index < -0.39 is 11.9 Å². The first-order valence-corrected chi connectivity index (χ1v) is 5.15. The Kier molecular flexibility index (Phi) is 2.87. The molecule has 17 heavy (non-hydrogen) atoms. The number of alkyl halides is 3. The molecule has 0 spiro atoms. The second-order valence-electron chi connectivity index (χ2n) is 3.56. The normalized spacial score (nSPS) is 11.8. The minimum absolute atomic E-state index is 0.0902. The molecule has 0 unspecified atom stereocenters. The van der Waals surface area contributed by atoms with Gasteiger partial charge in [0.25, 0.3) is 0 Å². The predicted molar refractivity (Wildman–Crippen MR) is 58.3 cm³/mol. The molecule has 0 saturated heterocycles. The molecule has 2 nitrogen and oxygen atoms in total. The van der Waals surface area contributed by atoms with E-state index in [9.17, 15) is 13.2 Å². The first-order chi connectivity index (χ1) is 7.89.